The van der Waals surface area contributed by atoms with Crippen molar-refractivity contribution >= 4 is 66.9 Å². The second-order valence-electron chi connectivity index (χ2n) is 3.12. The van der Waals surface area contributed by atoms with Crippen LogP contribution in [-0.2, 0) is 0 Å². The molecule has 1 aromatic carbocycles. The van der Waals surface area contributed by atoms with Crippen LogP contribution in [0.4, 0.5) is 5.13 Å². The molecule has 0 unspecified atom stereocenters. The van der Waals surface area contributed by atoms with Gasteiger partial charge in [-0.05, 0) is 12.1 Å². The lowest BCUT2D eigenvalue weighted by molar-refractivity contribution is 0.102. The molecule has 96 valence electrons. The van der Waals surface area contributed by atoms with Crippen LogP contribution in [0.3, 0.4) is 0 Å². The topological polar surface area (TPSA) is 68.9 Å². The van der Waals surface area contributed by atoms with Crippen LogP contribution in [0.15, 0.2) is 33.1 Å². The summed E-state index contributed by atoms with van der Waals surface area (Å²) in [7, 11) is 0. The third-order valence-electron chi connectivity index (χ3n) is 1.92. The summed E-state index contributed by atoms with van der Waals surface area (Å²) in [5.74, 6) is 0.410. The number of hydrogen-bond donors (Lipinski definition) is 1. The number of carbonyl (C=O) groups excluding carboxylic acids is 1. The van der Waals surface area contributed by atoms with Crippen LogP contribution in [0.2, 0.25) is 0 Å². The fourth-order valence-electron chi connectivity index (χ4n) is 1.13. The largest absolute Gasteiger partial charge is 0.374 e. The van der Waals surface area contributed by atoms with Gasteiger partial charge in [-0.2, -0.15) is 0 Å². The maximum atomic E-state index is 11.8. The summed E-state index contributed by atoms with van der Waals surface area (Å²) in [6, 6.07) is 7.28. The van der Waals surface area contributed by atoms with Gasteiger partial charge in [-0.3, -0.25) is 4.79 Å². The Kier molecular flexibility index (Phi) is 6.27. The molecule has 0 fully saturated rings. The molecule has 0 saturated heterocycles. The maximum absolute atomic E-state index is 11.8. The number of halogens is 2. The Morgan fingerprint density at radius 3 is 2.56 bits per heavy atom. The molecule has 0 aliphatic carbocycles. The zero-order chi connectivity index (χ0) is 12.3. The molecule has 0 aliphatic heterocycles. The molecule has 2 rings (SSSR count). The van der Waals surface area contributed by atoms with Crippen molar-refractivity contribution in [3.05, 3.63) is 34.3 Å². The minimum atomic E-state index is 0. The monoisotopic (exact) mass is 409 g/mol. The van der Waals surface area contributed by atoms with Gasteiger partial charge in [0.05, 0.1) is 5.75 Å². The molecule has 0 atom stereocenters. The van der Waals surface area contributed by atoms with E-state index < -0.39 is 0 Å². The Bertz CT molecular complexity index is 530. The van der Waals surface area contributed by atoms with Gasteiger partial charge in [0.15, 0.2) is 10.1 Å². The van der Waals surface area contributed by atoms with Crippen LogP contribution in [0.1, 0.15) is 10.4 Å². The van der Waals surface area contributed by atoms with Gasteiger partial charge in [0.1, 0.15) is 0 Å². The Morgan fingerprint density at radius 1 is 1.33 bits per heavy atom. The normalized spacial score (nSPS) is 9.83. The van der Waals surface area contributed by atoms with Gasteiger partial charge in [-0.15, -0.1) is 27.2 Å². The summed E-state index contributed by atoms with van der Waals surface area (Å²) in [4.78, 5) is 11.8. The number of rotatable bonds is 4. The van der Waals surface area contributed by atoms with E-state index in [9.17, 15) is 4.79 Å². The standard InChI is InChI=1S/C10H8BrN3OS2.BrH/c11-7-3-1-6(2-4-7)8(15)5-16-10-14-13-9(12)17-10;/h1-4H,5H2,(H2,12,13);1H. The molecule has 0 bridgehead atoms. The zero-order valence-corrected chi connectivity index (χ0v) is 13.9. The van der Waals surface area contributed by atoms with E-state index in [0.29, 0.717) is 20.8 Å². The molecule has 0 saturated carbocycles. The predicted octanol–water partition coefficient (Wildman–Crippen LogP) is 3.44. The SMILES string of the molecule is Br.Nc1nnc(SCC(=O)c2ccc(Br)cc2)s1. The summed E-state index contributed by atoms with van der Waals surface area (Å²) >= 11 is 5.96. The van der Waals surface area contributed by atoms with Crippen molar-refractivity contribution in [1.29, 1.82) is 0 Å². The molecule has 18 heavy (non-hydrogen) atoms. The first kappa shape index (κ1) is 15.6. The number of nitrogen functional groups attached to an aromatic ring is 1. The second kappa shape index (κ2) is 7.22. The van der Waals surface area contributed by atoms with Gasteiger partial charge in [0.2, 0.25) is 5.13 Å². The molecule has 4 nitrogen and oxygen atoms in total. The number of carbonyl (C=O) groups is 1. The number of aromatic nitrogens is 2. The quantitative estimate of drug-likeness (QED) is 0.617. The smallest absolute Gasteiger partial charge is 0.203 e. The van der Waals surface area contributed by atoms with Gasteiger partial charge in [-0.25, -0.2) is 0 Å². The lowest BCUT2D eigenvalue weighted by Crippen LogP contribution is -2.01. The van der Waals surface area contributed by atoms with E-state index in [1.54, 1.807) is 12.1 Å². The van der Waals surface area contributed by atoms with Gasteiger partial charge in [-0.1, -0.05) is 51.2 Å². The molecule has 0 radical (unpaired) electrons. The first-order chi connectivity index (χ1) is 8.15. The first-order valence-corrected chi connectivity index (χ1v) is 7.25. The summed E-state index contributed by atoms with van der Waals surface area (Å²) in [6.07, 6.45) is 0. The number of Topliss-reactive ketones (excluding diaryl/α,β-unsaturated/α-hetero) is 1. The molecule has 2 aromatic rings. The number of benzene rings is 1. The van der Waals surface area contributed by atoms with E-state index >= 15 is 0 Å². The van der Waals surface area contributed by atoms with Gasteiger partial charge >= 0.3 is 0 Å². The fourth-order valence-corrected chi connectivity index (χ4v) is 2.92. The summed E-state index contributed by atoms with van der Waals surface area (Å²) in [5.41, 5.74) is 6.15. The van der Waals surface area contributed by atoms with Crippen molar-refractivity contribution in [3.63, 3.8) is 0 Å². The molecular weight excluding hydrogens is 402 g/mol. The maximum Gasteiger partial charge on any atom is 0.203 e. The third-order valence-corrected chi connectivity index (χ3v) is 4.33. The number of thioether (sulfide) groups is 1. The Morgan fingerprint density at radius 2 is 2.00 bits per heavy atom. The number of nitrogens with two attached hydrogens (primary N) is 1. The summed E-state index contributed by atoms with van der Waals surface area (Å²) in [6.45, 7) is 0. The minimum absolute atomic E-state index is 0. The lowest BCUT2D eigenvalue weighted by atomic mass is 10.2. The molecule has 0 aliphatic rings. The lowest BCUT2D eigenvalue weighted by Gasteiger charge is -1.99. The van der Waals surface area contributed by atoms with Gasteiger partial charge in [0, 0.05) is 10.0 Å². The van der Waals surface area contributed by atoms with E-state index in [1.165, 1.54) is 23.1 Å². The van der Waals surface area contributed by atoms with Crippen LogP contribution in [0, 0.1) is 0 Å². The number of ketones is 1. The number of hydrogen-bond acceptors (Lipinski definition) is 6. The van der Waals surface area contributed by atoms with Crippen molar-refractivity contribution < 1.29 is 4.79 Å². The Balaban J connectivity index is 0.00000162. The third kappa shape index (κ3) is 4.34. The average Bonchev–Trinajstić information content (AvgIpc) is 2.73. The second-order valence-corrected chi connectivity index (χ2v) is 6.27. The molecule has 0 spiro atoms. The van der Waals surface area contributed by atoms with E-state index in [-0.39, 0.29) is 22.8 Å². The van der Waals surface area contributed by atoms with Crippen molar-refractivity contribution in [2.24, 2.45) is 0 Å². The van der Waals surface area contributed by atoms with Crippen LogP contribution in [0.25, 0.3) is 0 Å². The Hall–Kier alpha value is -0.440. The van der Waals surface area contributed by atoms with Crippen LogP contribution in [0.5, 0.6) is 0 Å². The van der Waals surface area contributed by atoms with Crippen molar-refractivity contribution in [1.82, 2.24) is 10.2 Å². The summed E-state index contributed by atoms with van der Waals surface area (Å²) in [5, 5.41) is 7.95. The van der Waals surface area contributed by atoms with E-state index in [4.69, 9.17) is 5.73 Å². The molecule has 0 amide bonds. The molecule has 2 N–H and O–H groups in total. The van der Waals surface area contributed by atoms with Crippen molar-refractivity contribution in [2.45, 2.75) is 4.34 Å². The zero-order valence-electron chi connectivity index (χ0n) is 9.00. The highest BCUT2D eigenvalue weighted by atomic mass is 79.9. The minimum Gasteiger partial charge on any atom is -0.374 e. The van der Waals surface area contributed by atoms with Gasteiger partial charge in [0.25, 0.3) is 0 Å². The summed E-state index contributed by atoms with van der Waals surface area (Å²) < 4.78 is 1.67. The van der Waals surface area contributed by atoms with Gasteiger partial charge < -0.3 is 5.73 Å². The van der Waals surface area contributed by atoms with E-state index in [1.807, 2.05) is 12.1 Å². The molecular formula is C10H9Br2N3OS2. The number of nitrogens with zero attached hydrogens (tertiary/aromatic N) is 2. The first-order valence-electron chi connectivity index (χ1n) is 4.65. The highest BCUT2D eigenvalue weighted by Gasteiger charge is 2.08. The van der Waals surface area contributed by atoms with E-state index in [2.05, 4.69) is 26.1 Å². The average molecular weight is 411 g/mol. The molecule has 1 heterocycles. The predicted molar refractivity (Wildman–Crippen MR) is 83.8 cm³/mol. The number of anilines is 1. The van der Waals surface area contributed by atoms with Crippen LogP contribution < -0.4 is 5.73 Å². The molecule has 1 aromatic heterocycles. The highest BCUT2D eigenvalue weighted by molar-refractivity contribution is 9.10. The van der Waals surface area contributed by atoms with Crippen molar-refractivity contribution in [2.75, 3.05) is 11.5 Å². The van der Waals surface area contributed by atoms with E-state index in [0.717, 1.165) is 4.47 Å². The Labute approximate surface area is 131 Å². The van der Waals surface area contributed by atoms with Crippen LogP contribution in [-0.4, -0.2) is 21.7 Å². The van der Waals surface area contributed by atoms with Crippen molar-refractivity contribution in [3.8, 4) is 0 Å². The van der Waals surface area contributed by atoms with Crippen LogP contribution >= 0.6 is 56.0 Å². The fraction of sp³-hybridized carbons (Fsp3) is 0.100. The highest BCUT2D eigenvalue weighted by Crippen LogP contribution is 2.24. The molecule has 8 heteroatoms.